The number of carbonyl (C=O) groups is 3. The van der Waals surface area contributed by atoms with E-state index in [1.165, 1.54) is 13.0 Å². The van der Waals surface area contributed by atoms with Crippen LogP contribution in [0.1, 0.15) is 25.3 Å². The zero-order chi connectivity index (χ0) is 16.0. The predicted octanol–water partition coefficient (Wildman–Crippen LogP) is 1.45. The van der Waals surface area contributed by atoms with Crippen molar-refractivity contribution < 1.29 is 28.3 Å². The first kappa shape index (κ1) is 16.7. The number of amides is 1. The number of rotatable bonds is 7. The second-order valence-electron chi connectivity index (χ2n) is 4.62. The van der Waals surface area contributed by atoms with Gasteiger partial charge in [0.05, 0.1) is 6.42 Å². The zero-order valence-electron chi connectivity index (χ0n) is 11.4. The summed E-state index contributed by atoms with van der Waals surface area (Å²) in [6, 6.07) is 1.82. The largest absolute Gasteiger partial charge is 0.480 e. The standard InChI is InChI=1S/C14H15F2NO4/c1-8(18)2-5-12(14(20)21)17-13(19)7-9-3-4-10(15)11(16)6-9/h3-4,6,12H,2,5,7H2,1H3,(H,17,19)(H,20,21)/t12-/m0/s1. The Morgan fingerprint density at radius 1 is 1.24 bits per heavy atom. The van der Waals surface area contributed by atoms with E-state index in [2.05, 4.69) is 5.32 Å². The van der Waals surface area contributed by atoms with Gasteiger partial charge in [0.15, 0.2) is 11.6 Å². The van der Waals surface area contributed by atoms with E-state index in [1.54, 1.807) is 0 Å². The molecule has 1 rings (SSSR count). The molecule has 0 saturated carbocycles. The van der Waals surface area contributed by atoms with E-state index in [9.17, 15) is 23.2 Å². The number of benzene rings is 1. The Kier molecular flexibility index (Phi) is 5.95. The normalized spacial score (nSPS) is 11.8. The first-order valence-corrected chi connectivity index (χ1v) is 6.25. The monoisotopic (exact) mass is 299 g/mol. The maximum atomic E-state index is 13.0. The van der Waals surface area contributed by atoms with Gasteiger partial charge in [0.25, 0.3) is 0 Å². The zero-order valence-corrected chi connectivity index (χ0v) is 11.4. The molecule has 1 aromatic carbocycles. The number of aliphatic carboxylic acids is 1. The second kappa shape index (κ2) is 7.47. The Morgan fingerprint density at radius 2 is 1.90 bits per heavy atom. The van der Waals surface area contributed by atoms with E-state index in [1.807, 2.05) is 0 Å². The van der Waals surface area contributed by atoms with E-state index in [0.717, 1.165) is 12.1 Å². The van der Waals surface area contributed by atoms with Crippen molar-refractivity contribution in [3.05, 3.63) is 35.4 Å². The van der Waals surface area contributed by atoms with Crippen LogP contribution in [0.15, 0.2) is 18.2 Å². The lowest BCUT2D eigenvalue weighted by atomic mass is 10.1. The van der Waals surface area contributed by atoms with Crippen LogP contribution in [0.4, 0.5) is 8.78 Å². The minimum absolute atomic E-state index is 0.0197. The van der Waals surface area contributed by atoms with E-state index >= 15 is 0 Å². The molecule has 7 heteroatoms. The van der Waals surface area contributed by atoms with Gasteiger partial charge in [-0.3, -0.25) is 4.79 Å². The minimum Gasteiger partial charge on any atom is -0.480 e. The summed E-state index contributed by atoms with van der Waals surface area (Å²) < 4.78 is 25.7. The first-order valence-electron chi connectivity index (χ1n) is 6.25. The van der Waals surface area contributed by atoms with Crippen molar-refractivity contribution in [2.45, 2.75) is 32.2 Å². The molecule has 0 aromatic heterocycles. The molecule has 114 valence electrons. The van der Waals surface area contributed by atoms with Gasteiger partial charge in [-0.05, 0) is 31.0 Å². The third-order valence-electron chi connectivity index (χ3n) is 2.77. The summed E-state index contributed by atoms with van der Waals surface area (Å²) in [6.45, 7) is 1.32. The van der Waals surface area contributed by atoms with Gasteiger partial charge in [-0.2, -0.15) is 0 Å². The molecule has 0 radical (unpaired) electrons. The molecule has 2 N–H and O–H groups in total. The summed E-state index contributed by atoms with van der Waals surface area (Å²) in [5.74, 6) is -4.18. The Bertz CT molecular complexity index is 560. The molecule has 0 saturated heterocycles. The van der Waals surface area contributed by atoms with E-state index < -0.39 is 29.6 Å². The Balaban J connectivity index is 2.62. The molecule has 0 bridgehead atoms. The second-order valence-corrected chi connectivity index (χ2v) is 4.62. The van der Waals surface area contributed by atoms with Crippen LogP contribution in [0.25, 0.3) is 0 Å². The van der Waals surface area contributed by atoms with Crippen molar-refractivity contribution >= 4 is 17.7 Å². The first-order chi connectivity index (χ1) is 9.79. The third-order valence-corrected chi connectivity index (χ3v) is 2.77. The van der Waals surface area contributed by atoms with Gasteiger partial charge in [0, 0.05) is 6.42 Å². The number of nitrogens with one attached hydrogen (secondary N) is 1. The lowest BCUT2D eigenvalue weighted by Crippen LogP contribution is -2.41. The molecule has 0 unspecified atom stereocenters. The third kappa shape index (κ3) is 5.68. The van der Waals surface area contributed by atoms with Crippen molar-refractivity contribution in [3.63, 3.8) is 0 Å². The summed E-state index contributed by atoms with van der Waals surface area (Å²) >= 11 is 0. The molecule has 0 fully saturated rings. The van der Waals surface area contributed by atoms with Crippen molar-refractivity contribution in [1.29, 1.82) is 0 Å². The van der Waals surface area contributed by atoms with Crippen molar-refractivity contribution in [1.82, 2.24) is 5.32 Å². The van der Waals surface area contributed by atoms with Crippen LogP contribution in [-0.2, 0) is 20.8 Å². The van der Waals surface area contributed by atoms with Crippen molar-refractivity contribution in [3.8, 4) is 0 Å². The van der Waals surface area contributed by atoms with E-state index in [0.29, 0.717) is 0 Å². The smallest absolute Gasteiger partial charge is 0.326 e. The molecular weight excluding hydrogens is 284 g/mol. The Hall–Kier alpha value is -2.31. The summed E-state index contributed by atoms with van der Waals surface area (Å²) in [5.41, 5.74) is 0.224. The van der Waals surface area contributed by atoms with Gasteiger partial charge in [-0.1, -0.05) is 6.07 Å². The lowest BCUT2D eigenvalue weighted by Gasteiger charge is -2.13. The molecule has 0 heterocycles. The Labute approximate surface area is 120 Å². The highest BCUT2D eigenvalue weighted by Crippen LogP contribution is 2.09. The number of hydrogen-bond donors (Lipinski definition) is 2. The van der Waals surface area contributed by atoms with Gasteiger partial charge in [-0.15, -0.1) is 0 Å². The summed E-state index contributed by atoms with van der Waals surface area (Å²) in [7, 11) is 0. The minimum atomic E-state index is -1.25. The van der Waals surface area contributed by atoms with Gasteiger partial charge in [0.2, 0.25) is 5.91 Å². The molecule has 5 nitrogen and oxygen atoms in total. The fourth-order valence-electron chi connectivity index (χ4n) is 1.69. The SMILES string of the molecule is CC(=O)CC[C@H](NC(=O)Cc1ccc(F)c(F)c1)C(=O)O. The maximum Gasteiger partial charge on any atom is 0.326 e. The molecule has 0 spiro atoms. The van der Waals surface area contributed by atoms with Crippen LogP contribution in [0.3, 0.4) is 0 Å². The van der Waals surface area contributed by atoms with E-state index in [-0.39, 0.29) is 30.6 Å². The van der Waals surface area contributed by atoms with Crippen LogP contribution >= 0.6 is 0 Å². The predicted molar refractivity (Wildman–Crippen MR) is 69.5 cm³/mol. The fraction of sp³-hybridized carbons (Fsp3) is 0.357. The highest BCUT2D eigenvalue weighted by molar-refractivity contribution is 5.85. The molecular formula is C14H15F2NO4. The molecule has 1 aromatic rings. The van der Waals surface area contributed by atoms with Crippen molar-refractivity contribution in [2.75, 3.05) is 0 Å². The highest BCUT2D eigenvalue weighted by Gasteiger charge is 2.20. The molecule has 0 aliphatic heterocycles. The molecule has 0 aliphatic carbocycles. The lowest BCUT2D eigenvalue weighted by molar-refractivity contribution is -0.142. The number of carboxylic acid groups (broad SMARTS) is 1. The maximum absolute atomic E-state index is 13.0. The average Bonchev–Trinajstić information content (AvgIpc) is 2.38. The number of ketones is 1. The van der Waals surface area contributed by atoms with Crippen LogP contribution in [0.5, 0.6) is 0 Å². The fourth-order valence-corrected chi connectivity index (χ4v) is 1.69. The quantitative estimate of drug-likeness (QED) is 0.798. The van der Waals surface area contributed by atoms with Gasteiger partial charge >= 0.3 is 5.97 Å². The summed E-state index contributed by atoms with van der Waals surface area (Å²) in [4.78, 5) is 33.5. The Morgan fingerprint density at radius 3 is 2.43 bits per heavy atom. The van der Waals surface area contributed by atoms with Crippen LogP contribution in [-0.4, -0.2) is 28.8 Å². The number of hydrogen-bond acceptors (Lipinski definition) is 3. The topological polar surface area (TPSA) is 83.5 Å². The molecule has 21 heavy (non-hydrogen) atoms. The number of carboxylic acids is 1. The van der Waals surface area contributed by atoms with Crippen LogP contribution in [0.2, 0.25) is 0 Å². The van der Waals surface area contributed by atoms with E-state index in [4.69, 9.17) is 5.11 Å². The number of carbonyl (C=O) groups excluding carboxylic acids is 2. The highest BCUT2D eigenvalue weighted by atomic mass is 19.2. The molecule has 1 amide bonds. The van der Waals surface area contributed by atoms with Crippen LogP contribution < -0.4 is 5.32 Å². The van der Waals surface area contributed by atoms with Gasteiger partial charge < -0.3 is 15.2 Å². The number of Topliss-reactive ketones (excluding diaryl/α,β-unsaturated/α-hetero) is 1. The summed E-state index contributed by atoms with van der Waals surface area (Å²) in [6.07, 6.45) is -0.266. The van der Waals surface area contributed by atoms with Gasteiger partial charge in [-0.25, -0.2) is 13.6 Å². The molecule has 0 aliphatic rings. The van der Waals surface area contributed by atoms with Crippen molar-refractivity contribution in [2.24, 2.45) is 0 Å². The van der Waals surface area contributed by atoms with Gasteiger partial charge in [0.1, 0.15) is 11.8 Å². The summed E-state index contributed by atoms with van der Waals surface area (Å²) in [5, 5.41) is 11.2. The molecule has 1 atom stereocenters. The number of halogens is 2. The average molecular weight is 299 g/mol. The van der Waals surface area contributed by atoms with Crippen LogP contribution in [0, 0.1) is 11.6 Å².